The van der Waals surface area contributed by atoms with Crippen LogP contribution < -0.4 is 0 Å². The first kappa shape index (κ1) is 15.1. The number of aromatic nitrogens is 1. The number of rotatable bonds is 3. The highest BCUT2D eigenvalue weighted by molar-refractivity contribution is 5.95. The fourth-order valence-electron chi connectivity index (χ4n) is 3.24. The van der Waals surface area contributed by atoms with Gasteiger partial charge in [0.15, 0.2) is 0 Å². The van der Waals surface area contributed by atoms with E-state index < -0.39 is 0 Å². The Hall–Kier alpha value is -1.81. The van der Waals surface area contributed by atoms with Gasteiger partial charge in [0.1, 0.15) is 5.69 Å². The van der Waals surface area contributed by atoms with E-state index in [2.05, 4.69) is 37.0 Å². The number of aromatic amines is 1. The topological polar surface area (TPSA) is 51.3 Å². The quantitative estimate of drug-likeness (QED) is 0.871. The molecular formula is C18H23NO3. The first-order valence-electron chi connectivity index (χ1n) is 7.92. The molecule has 2 heterocycles. The van der Waals surface area contributed by atoms with E-state index in [1.807, 2.05) is 13.0 Å². The van der Waals surface area contributed by atoms with Gasteiger partial charge in [-0.2, -0.15) is 0 Å². The summed E-state index contributed by atoms with van der Waals surface area (Å²) in [6.45, 7) is 7.29. The van der Waals surface area contributed by atoms with Crippen molar-refractivity contribution in [2.45, 2.75) is 45.1 Å². The van der Waals surface area contributed by atoms with Gasteiger partial charge < -0.3 is 14.5 Å². The highest BCUT2D eigenvalue weighted by Gasteiger charge is 2.29. The van der Waals surface area contributed by atoms with Crippen molar-refractivity contribution in [1.29, 1.82) is 0 Å². The Bertz CT molecular complexity index is 687. The highest BCUT2D eigenvalue weighted by Crippen LogP contribution is 2.36. The molecule has 3 rings (SSSR count). The van der Waals surface area contributed by atoms with E-state index in [0.29, 0.717) is 18.2 Å². The van der Waals surface area contributed by atoms with Gasteiger partial charge in [0, 0.05) is 17.5 Å². The van der Waals surface area contributed by atoms with Crippen LogP contribution in [0.15, 0.2) is 24.3 Å². The van der Waals surface area contributed by atoms with Crippen LogP contribution in [0.3, 0.4) is 0 Å². The van der Waals surface area contributed by atoms with E-state index in [1.165, 1.54) is 5.56 Å². The Morgan fingerprint density at radius 1 is 1.41 bits per heavy atom. The van der Waals surface area contributed by atoms with Crippen LogP contribution in [-0.2, 0) is 9.47 Å². The summed E-state index contributed by atoms with van der Waals surface area (Å²) < 4.78 is 10.8. The number of carbonyl (C=O) groups excluding carboxylic acids is 1. The summed E-state index contributed by atoms with van der Waals surface area (Å²) in [4.78, 5) is 14.9. The molecule has 0 aliphatic carbocycles. The Kier molecular flexibility index (Phi) is 3.96. The van der Waals surface area contributed by atoms with Crippen LogP contribution in [0.25, 0.3) is 10.9 Å². The zero-order chi connectivity index (χ0) is 15.7. The molecule has 1 aliphatic heterocycles. The molecule has 0 spiro atoms. The molecule has 1 aliphatic rings. The molecule has 1 atom stereocenters. The fraction of sp³-hybridized carbons (Fsp3) is 0.500. The van der Waals surface area contributed by atoms with Crippen LogP contribution in [0.1, 0.15) is 55.6 Å². The zero-order valence-corrected chi connectivity index (χ0v) is 13.4. The maximum Gasteiger partial charge on any atom is 0.354 e. The van der Waals surface area contributed by atoms with Crippen molar-refractivity contribution in [3.05, 3.63) is 35.5 Å². The van der Waals surface area contributed by atoms with Crippen LogP contribution in [0.2, 0.25) is 0 Å². The maximum atomic E-state index is 11.8. The minimum atomic E-state index is -0.299. The number of H-pyrrole nitrogens is 1. The molecule has 4 heteroatoms. The Balaban J connectivity index is 1.88. The number of fused-ring (bicyclic) bond motifs is 1. The van der Waals surface area contributed by atoms with Gasteiger partial charge in [0.25, 0.3) is 0 Å². The summed E-state index contributed by atoms with van der Waals surface area (Å²) in [7, 11) is 0. The average molecular weight is 301 g/mol. The summed E-state index contributed by atoms with van der Waals surface area (Å²) in [6.07, 6.45) is 2.07. The lowest BCUT2D eigenvalue weighted by molar-refractivity contribution is -0.0592. The molecule has 0 bridgehead atoms. The smallest absolute Gasteiger partial charge is 0.354 e. The maximum absolute atomic E-state index is 11.8. The first-order valence-corrected chi connectivity index (χ1v) is 7.92. The van der Waals surface area contributed by atoms with Crippen molar-refractivity contribution in [2.75, 3.05) is 13.2 Å². The lowest BCUT2D eigenvalue weighted by Gasteiger charge is -2.35. The first-order chi connectivity index (χ1) is 10.5. The second-order valence-corrected chi connectivity index (χ2v) is 6.55. The van der Waals surface area contributed by atoms with E-state index in [4.69, 9.17) is 9.47 Å². The molecule has 4 nitrogen and oxygen atoms in total. The van der Waals surface area contributed by atoms with Gasteiger partial charge in [-0.15, -0.1) is 0 Å². The van der Waals surface area contributed by atoms with Gasteiger partial charge in [-0.1, -0.05) is 6.07 Å². The minimum Gasteiger partial charge on any atom is -0.461 e. The van der Waals surface area contributed by atoms with Gasteiger partial charge in [-0.3, -0.25) is 0 Å². The molecule has 2 aromatic rings. The van der Waals surface area contributed by atoms with Crippen molar-refractivity contribution in [2.24, 2.45) is 0 Å². The zero-order valence-electron chi connectivity index (χ0n) is 13.4. The van der Waals surface area contributed by atoms with Gasteiger partial charge in [-0.05, 0) is 63.3 Å². The van der Waals surface area contributed by atoms with Crippen molar-refractivity contribution < 1.29 is 14.3 Å². The van der Waals surface area contributed by atoms with Gasteiger partial charge in [-0.25, -0.2) is 4.79 Å². The fourth-order valence-corrected chi connectivity index (χ4v) is 3.24. The third-order valence-electron chi connectivity index (χ3n) is 4.31. The third kappa shape index (κ3) is 3.02. The largest absolute Gasteiger partial charge is 0.461 e. The molecule has 0 radical (unpaired) electrons. The summed E-state index contributed by atoms with van der Waals surface area (Å²) in [6, 6.07) is 8.26. The van der Waals surface area contributed by atoms with Gasteiger partial charge in [0.05, 0.1) is 12.2 Å². The predicted octanol–water partition coefficient (Wildman–Crippen LogP) is 4.02. The van der Waals surface area contributed by atoms with Crippen LogP contribution in [-0.4, -0.2) is 29.8 Å². The monoisotopic (exact) mass is 301 g/mol. The molecule has 1 N–H and O–H groups in total. The SMILES string of the molecule is CCOC(=O)c1cc2cc([C@H]3CCOC(C)(C)C3)ccc2[nH]1. The number of nitrogens with one attached hydrogen (secondary N) is 1. The summed E-state index contributed by atoms with van der Waals surface area (Å²) in [5.41, 5.74) is 2.74. The third-order valence-corrected chi connectivity index (χ3v) is 4.31. The Morgan fingerprint density at radius 2 is 2.23 bits per heavy atom. The number of esters is 1. The van der Waals surface area contributed by atoms with Gasteiger partial charge >= 0.3 is 5.97 Å². The van der Waals surface area contributed by atoms with E-state index in [9.17, 15) is 4.79 Å². The van der Waals surface area contributed by atoms with Crippen molar-refractivity contribution in [3.63, 3.8) is 0 Å². The molecule has 1 fully saturated rings. The second kappa shape index (κ2) is 5.76. The Labute approximate surface area is 130 Å². The van der Waals surface area contributed by atoms with Crippen LogP contribution in [0.4, 0.5) is 0 Å². The molecular weight excluding hydrogens is 278 g/mol. The molecule has 22 heavy (non-hydrogen) atoms. The molecule has 118 valence electrons. The number of ether oxygens (including phenoxy) is 2. The standard InChI is InChI=1S/C18H23NO3/c1-4-21-17(20)16-10-14-9-12(5-6-15(14)19-16)13-7-8-22-18(2,3)11-13/h5-6,9-10,13,19H,4,7-8,11H2,1-3H3/t13-/m0/s1. The number of hydrogen-bond acceptors (Lipinski definition) is 3. The molecule has 0 unspecified atom stereocenters. The lowest BCUT2D eigenvalue weighted by Crippen LogP contribution is -2.32. The van der Waals surface area contributed by atoms with E-state index in [0.717, 1.165) is 30.4 Å². The van der Waals surface area contributed by atoms with E-state index in [1.54, 1.807) is 0 Å². The Morgan fingerprint density at radius 3 is 2.95 bits per heavy atom. The second-order valence-electron chi connectivity index (χ2n) is 6.55. The van der Waals surface area contributed by atoms with Gasteiger partial charge in [0.2, 0.25) is 0 Å². The summed E-state index contributed by atoms with van der Waals surface area (Å²) in [5, 5.41) is 1.06. The predicted molar refractivity (Wildman–Crippen MR) is 86.3 cm³/mol. The number of hydrogen-bond donors (Lipinski definition) is 1. The van der Waals surface area contributed by atoms with E-state index >= 15 is 0 Å². The van der Waals surface area contributed by atoms with Crippen LogP contribution in [0.5, 0.6) is 0 Å². The highest BCUT2D eigenvalue weighted by atomic mass is 16.5. The lowest BCUT2D eigenvalue weighted by atomic mass is 9.83. The molecule has 0 amide bonds. The van der Waals surface area contributed by atoms with Crippen LogP contribution in [0, 0.1) is 0 Å². The molecule has 1 aromatic heterocycles. The van der Waals surface area contributed by atoms with Crippen molar-refractivity contribution >= 4 is 16.9 Å². The van der Waals surface area contributed by atoms with E-state index in [-0.39, 0.29) is 11.6 Å². The number of carbonyl (C=O) groups is 1. The molecule has 0 saturated carbocycles. The molecule has 1 aromatic carbocycles. The normalized spacial score (nSPS) is 21.0. The van der Waals surface area contributed by atoms with Crippen molar-refractivity contribution in [3.8, 4) is 0 Å². The van der Waals surface area contributed by atoms with Crippen molar-refractivity contribution in [1.82, 2.24) is 4.98 Å². The number of benzene rings is 1. The van der Waals surface area contributed by atoms with Crippen LogP contribution >= 0.6 is 0 Å². The summed E-state index contributed by atoms with van der Waals surface area (Å²) >= 11 is 0. The average Bonchev–Trinajstić information content (AvgIpc) is 2.89. The molecule has 1 saturated heterocycles. The summed E-state index contributed by atoms with van der Waals surface area (Å²) in [5.74, 6) is 0.210. The minimum absolute atomic E-state index is 0.0634.